The van der Waals surface area contributed by atoms with E-state index >= 15 is 0 Å². The highest BCUT2D eigenvalue weighted by Gasteiger charge is 2.36. The highest BCUT2D eigenvalue weighted by Crippen LogP contribution is 2.28. The van der Waals surface area contributed by atoms with Crippen LogP contribution in [0.15, 0.2) is 66.9 Å². The van der Waals surface area contributed by atoms with Crippen molar-refractivity contribution in [2.75, 3.05) is 0 Å². The maximum atomic E-state index is 11.8. The summed E-state index contributed by atoms with van der Waals surface area (Å²) in [5.41, 5.74) is 0.536. The maximum Gasteiger partial charge on any atom is 0.315 e. The molecule has 0 saturated heterocycles. The lowest BCUT2D eigenvalue weighted by atomic mass is 9.80. The summed E-state index contributed by atoms with van der Waals surface area (Å²) in [5, 5.41) is 12.0. The van der Waals surface area contributed by atoms with E-state index in [0.717, 1.165) is 16.3 Å². The van der Waals surface area contributed by atoms with E-state index in [4.69, 9.17) is 0 Å². The molecule has 1 unspecified atom stereocenters. The lowest BCUT2D eigenvalue weighted by Gasteiger charge is -2.24. The van der Waals surface area contributed by atoms with Crippen molar-refractivity contribution < 1.29 is 9.90 Å². The third kappa shape index (κ3) is 2.58. The summed E-state index contributed by atoms with van der Waals surface area (Å²) in [6.07, 6.45) is 2.04. The molecule has 3 heteroatoms. The molecule has 0 saturated carbocycles. The average molecular weight is 291 g/mol. The molecule has 0 bridgehead atoms. The number of nitrogens with zero attached hydrogens (tertiary/aromatic N) is 1. The van der Waals surface area contributed by atoms with E-state index in [1.807, 2.05) is 42.5 Å². The Morgan fingerprint density at radius 3 is 2.45 bits per heavy atom. The first-order chi connectivity index (χ1) is 10.6. The molecule has 1 N–H and O–H groups in total. The van der Waals surface area contributed by atoms with Crippen molar-refractivity contribution in [2.45, 2.75) is 18.8 Å². The van der Waals surface area contributed by atoms with Gasteiger partial charge < -0.3 is 5.11 Å². The van der Waals surface area contributed by atoms with E-state index in [9.17, 15) is 9.90 Å². The molecule has 1 aromatic heterocycles. The first-order valence-electron chi connectivity index (χ1n) is 7.22. The summed E-state index contributed by atoms with van der Waals surface area (Å²) in [6, 6.07) is 19.5. The molecule has 0 spiro atoms. The Kier molecular flexibility index (Phi) is 3.63. The van der Waals surface area contributed by atoms with E-state index in [2.05, 4.69) is 11.1 Å². The first-order valence-corrected chi connectivity index (χ1v) is 7.22. The van der Waals surface area contributed by atoms with Gasteiger partial charge in [0.05, 0.1) is 5.69 Å². The molecule has 110 valence electrons. The fourth-order valence-corrected chi connectivity index (χ4v) is 2.72. The molecule has 2 aromatic carbocycles. The second-order valence-corrected chi connectivity index (χ2v) is 5.71. The van der Waals surface area contributed by atoms with Gasteiger partial charge in [-0.3, -0.25) is 9.78 Å². The zero-order chi connectivity index (χ0) is 15.6. The van der Waals surface area contributed by atoms with Gasteiger partial charge in [0.2, 0.25) is 0 Å². The molecule has 1 atom stereocenters. The van der Waals surface area contributed by atoms with Crippen LogP contribution in [0.1, 0.15) is 18.2 Å². The number of carboxylic acid groups (broad SMARTS) is 1. The van der Waals surface area contributed by atoms with E-state index in [1.54, 1.807) is 25.3 Å². The fourth-order valence-electron chi connectivity index (χ4n) is 2.72. The van der Waals surface area contributed by atoms with Crippen LogP contribution in [0.3, 0.4) is 0 Å². The zero-order valence-corrected chi connectivity index (χ0v) is 12.4. The van der Waals surface area contributed by atoms with Crippen LogP contribution in [0.5, 0.6) is 0 Å². The van der Waals surface area contributed by atoms with Crippen LogP contribution in [0.2, 0.25) is 0 Å². The molecule has 0 aliphatic carbocycles. The molecule has 0 radical (unpaired) electrons. The summed E-state index contributed by atoms with van der Waals surface area (Å²) in [7, 11) is 0. The maximum absolute atomic E-state index is 11.8. The first kappa shape index (κ1) is 14.3. The molecule has 0 fully saturated rings. The molecule has 22 heavy (non-hydrogen) atoms. The van der Waals surface area contributed by atoms with Gasteiger partial charge in [0, 0.05) is 6.20 Å². The number of hydrogen-bond donors (Lipinski definition) is 1. The van der Waals surface area contributed by atoms with Gasteiger partial charge in [0.25, 0.3) is 0 Å². The third-order valence-corrected chi connectivity index (χ3v) is 4.07. The van der Waals surface area contributed by atoms with Crippen molar-refractivity contribution in [3.05, 3.63) is 78.1 Å². The monoisotopic (exact) mass is 291 g/mol. The SMILES string of the molecule is CC(Cc1ccc2ccccc2c1)(C(=O)O)c1ccccn1. The van der Waals surface area contributed by atoms with Crippen molar-refractivity contribution in [2.24, 2.45) is 0 Å². The van der Waals surface area contributed by atoms with Crippen LogP contribution >= 0.6 is 0 Å². The molecule has 1 heterocycles. The van der Waals surface area contributed by atoms with E-state index in [0.29, 0.717) is 12.1 Å². The molecular weight excluding hydrogens is 274 g/mol. The van der Waals surface area contributed by atoms with Crippen LogP contribution in [0.4, 0.5) is 0 Å². The summed E-state index contributed by atoms with van der Waals surface area (Å²) in [6.45, 7) is 1.73. The average Bonchev–Trinajstić information content (AvgIpc) is 2.55. The summed E-state index contributed by atoms with van der Waals surface area (Å²) in [4.78, 5) is 16.1. The van der Waals surface area contributed by atoms with Crippen LogP contribution in [0.25, 0.3) is 10.8 Å². The van der Waals surface area contributed by atoms with Crippen molar-refractivity contribution in [3.8, 4) is 0 Å². The fraction of sp³-hybridized carbons (Fsp3) is 0.158. The van der Waals surface area contributed by atoms with Crippen molar-refractivity contribution in [1.82, 2.24) is 4.98 Å². The van der Waals surface area contributed by atoms with Gasteiger partial charge in [0.1, 0.15) is 5.41 Å². The smallest absolute Gasteiger partial charge is 0.315 e. The Balaban J connectivity index is 2.01. The van der Waals surface area contributed by atoms with Crippen LogP contribution < -0.4 is 0 Å². The predicted octanol–water partition coefficient (Wildman–Crippen LogP) is 3.82. The minimum atomic E-state index is -1.04. The lowest BCUT2D eigenvalue weighted by molar-refractivity contribution is -0.143. The second kappa shape index (κ2) is 5.60. The van der Waals surface area contributed by atoms with Crippen molar-refractivity contribution in [1.29, 1.82) is 0 Å². The molecular formula is C19H17NO2. The Hall–Kier alpha value is -2.68. The third-order valence-electron chi connectivity index (χ3n) is 4.07. The van der Waals surface area contributed by atoms with Gasteiger partial charge in [-0.25, -0.2) is 0 Å². The van der Waals surface area contributed by atoms with Crippen LogP contribution in [-0.2, 0) is 16.6 Å². The van der Waals surface area contributed by atoms with Gasteiger partial charge in [-0.2, -0.15) is 0 Å². The molecule has 3 rings (SSSR count). The molecule has 0 aliphatic heterocycles. The number of carbonyl (C=O) groups is 1. The number of aliphatic carboxylic acids is 1. The molecule has 3 aromatic rings. The number of carboxylic acids is 1. The van der Waals surface area contributed by atoms with Gasteiger partial charge in [-0.1, -0.05) is 48.5 Å². The van der Waals surface area contributed by atoms with Crippen molar-refractivity contribution in [3.63, 3.8) is 0 Å². The van der Waals surface area contributed by atoms with Gasteiger partial charge in [0.15, 0.2) is 0 Å². The Morgan fingerprint density at radius 1 is 1.05 bits per heavy atom. The minimum absolute atomic E-state index is 0.407. The summed E-state index contributed by atoms with van der Waals surface area (Å²) >= 11 is 0. The molecule has 0 aliphatic rings. The summed E-state index contributed by atoms with van der Waals surface area (Å²) < 4.78 is 0. The number of benzene rings is 2. The number of rotatable bonds is 4. The van der Waals surface area contributed by atoms with Gasteiger partial charge in [-0.05, 0) is 41.8 Å². The van der Waals surface area contributed by atoms with E-state index < -0.39 is 11.4 Å². The van der Waals surface area contributed by atoms with Crippen LogP contribution in [0, 0.1) is 0 Å². The normalized spacial score (nSPS) is 13.7. The van der Waals surface area contributed by atoms with Gasteiger partial charge in [-0.15, -0.1) is 0 Å². The highest BCUT2D eigenvalue weighted by molar-refractivity contribution is 5.84. The molecule has 0 amide bonds. The number of aromatic nitrogens is 1. The lowest BCUT2D eigenvalue weighted by Crippen LogP contribution is -2.35. The standard InChI is InChI=1S/C19H17NO2/c1-19(18(21)22,17-8-4-5-11-20-17)13-14-9-10-15-6-2-3-7-16(15)12-14/h2-12H,13H2,1H3,(H,21,22). The van der Waals surface area contributed by atoms with Gasteiger partial charge >= 0.3 is 5.97 Å². The zero-order valence-electron chi connectivity index (χ0n) is 12.4. The highest BCUT2D eigenvalue weighted by atomic mass is 16.4. The van der Waals surface area contributed by atoms with Crippen LogP contribution in [-0.4, -0.2) is 16.1 Å². The number of hydrogen-bond acceptors (Lipinski definition) is 2. The molecule has 3 nitrogen and oxygen atoms in total. The topological polar surface area (TPSA) is 50.2 Å². The minimum Gasteiger partial charge on any atom is -0.481 e. The number of fused-ring (bicyclic) bond motifs is 1. The Bertz CT molecular complexity index is 814. The van der Waals surface area contributed by atoms with E-state index in [-0.39, 0.29) is 0 Å². The second-order valence-electron chi connectivity index (χ2n) is 5.71. The summed E-state index contributed by atoms with van der Waals surface area (Å²) in [5.74, 6) is -0.862. The van der Waals surface area contributed by atoms with E-state index in [1.165, 1.54) is 0 Å². The number of pyridine rings is 1. The quantitative estimate of drug-likeness (QED) is 0.795. The Labute approximate surface area is 129 Å². The largest absolute Gasteiger partial charge is 0.481 e. The van der Waals surface area contributed by atoms with Crippen molar-refractivity contribution >= 4 is 16.7 Å². The predicted molar refractivity (Wildman–Crippen MR) is 86.9 cm³/mol. The Morgan fingerprint density at radius 2 is 1.77 bits per heavy atom.